The third kappa shape index (κ3) is 4.91. The Morgan fingerprint density at radius 3 is 2.62 bits per heavy atom. The number of nitrogens with one attached hydrogen (secondary N) is 2. The molecule has 3 aromatic rings. The van der Waals surface area contributed by atoms with E-state index in [4.69, 9.17) is 11.6 Å². The zero-order valence-corrected chi connectivity index (χ0v) is 18.3. The van der Waals surface area contributed by atoms with Crippen LogP contribution in [0.5, 0.6) is 0 Å². The third-order valence-electron chi connectivity index (χ3n) is 5.10. The molecule has 0 spiro atoms. The SMILES string of the molecule is CCNC(=O)N(CC(=O)Nc1nc(-c2ccccc2)cn1-c1ccc(F)c(Cl)c1)C1CC1. The van der Waals surface area contributed by atoms with Crippen molar-refractivity contribution in [2.45, 2.75) is 25.8 Å². The second kappa shape index (κ2) is 9.40. The molecule has 0 radical (unpaired) electrons. The van der Waals surface area contributed by atoms with Crippen molar-refractivity contribution in [2.24, 2.45) is 0 Å². The fourth-order valence-electron chi connectivity index (χ4n) is 3.37. The second-order valence-electron chi connectivity index (χ2n) is 7.53. The number of imidazole rings is 1. The van der Waals surface area contributed by atoms with Crippen molar-refractivity contribution in [1.82, 2.24) is 19.8 Å². The Morgan fingerprint density at radius 2 is 1.97 bits per heavy atom. The topological polar surface area (TPSA) is 79.3 Å². The highest BCUT2D eigenvalue weighted by molar-refractivity contribution is 6.30. The Labute approximate surface area is 190 Å². The van der Waals surface area contributed by atoms with Gasteiger partial charge >= 0.3 is 6.03 Å². The Kier molecular flexibility index (Phi) is 6.41. The third-order valence-corrected chi connectivity index (χ3v) is 5.39. The maximum absolute atomic E-state index is 13.7. The smallest absolute Gasteiger partial charge is 0.318 e. The van der Waals surface area contributed by atoms with Crippen molar-refractivity contribution in [3.05, 3.63) is 65.6 Å². The number of carbonyl (C=O) groups excluding carboxylic acids is 2. The molecule has 32 heavy (non-hydrogen) atoms. The zero-order valence-electron chi connectivity index (χ0n) is 17.5. The number of nitrogens with zero attached hydrogens (tertiary/aromatic N) is 3. The van der Waals surface area contributed by atoms with E-state index in [1.165, 1.54) is 12.1 Å². The number of aromatic nitrogens is 2. The maximum atomic E-state index is 13.7. The number of halogens is 2. The average molecular weight is 456 g/mol. The van der Waals surface area contributed by atoms with Crippen LogP contribution in [0.4, 0.5) is 15.1 Å². The quantitative estimate of drug-likeness (QED) is 0.552. The largest absolute Gasteiger partial charge is 0.338 e. The average Bonchev–Trinajstić information content (AvgIpc) is 3.54. The van der Waals surface area contributed by atoms with E-state index in [0.717, 1.165) is 18.4 Å². The normalized spacial score (nSPS) is 13.0. The minimum atomic E-state index is -0.536. The zero-order chi connectivity index (χ0) is 22.7. The molecule has 1 aromatic heterocycles. The van der Waals surface area contributed by atoms with E-state index < -0.39 is 5.82 Å². The van der Waals surface area contributed by atoms with E-state index in [0.29, 0.717) is 17.9 Å². The van der Waals surface area contributed by atoms with Crippen LogP contribution in [0, 0.1) is 5.82 Å². The summed E-state index contributed by atoms with van der Waals surface area (Å²) in [6.45, 7) is 2.23. The summed E-state index contributed by atoms with van der Waals surface area (Å²) < 4.78 is 15.3. The molecule has 166 valence electrons. The molecule has 0 aliphatic heterocycles. The van der Waals surface area contributed by atoms with Gasteiger partial charge in [0.05, 0.1) is 16.4 Å². The minimum absolute atomic E-state index is 0.0362. The van der Waals surface area contributed by atoms with Gasteiger partial charge in [-0.15, -0.1) is 0 Å². The van der Waals surface area contributed by atoms with Crippen LogP contribution in [-0.2, 0) is 4.79 Å². The summed E-state index contributed by atoms with van der Waals surface area (Å²) in [4.78, 5) is 31.3. The number of hydrogen-bond donors (Lipinski definition) is 2. The van der Waals surface area contributed by atoms with E-state index in [1.807, 2.05) is 37.3 Å². The molecular weight excluding hydrogens is 433 g/mol. The van der Waals surface area contributed by atoms with Crippen LogP contribution in [0.15, 0.2) is 54.7 Å². The Morgan fingerprint density at radius 1 is 1.22 bits per heavy atom. The van der Waals surface area contributed by atoms with Gasteiger partial charge in [0.1, 0.15) is 12.4 Å². The summed E-state index contributed by atoms with van der Waals surface area (Å²) in [5, 5.41) is 5.51. The first-order chi connectivity index (χ1) is 15.5. The lowest BCUT2D eigenvalue weighted by Crippen LogP contribution is -2.45. The van der Waals surface area contributed by atoms with Crippen LogP contribution in [0.2, 0.25) is 5.02 Å². The monoisotopic (exact) mass is 455 g/mol. The molecule has 0 atom stereocenters. The number of benzene rings is 2. The van der Waals surface area contributed by atoms with Crippen molar-refractivity contribution in [2.75, 3.05) is 18.4 Å². The minimum Gasteiger partial charge on any atom is -0.338 e. The van der Waals surface area contributed by atoms with Crippen molar-refractivity contribution >= 4 is 29.5 Å². The molecule has 1 fully saturated rings. The Bertz CT molecular complexity index is 1130. The first kappa shape index (κ1) is 21.8. The Balaban J connectivity index is 1.62. The molecule has 3 amide bonds. The van der Waals surface area contributed by atoms with Crippen LogP contribution in [0.3, 0.4) is 0 Å². The van der Waals surface area contributed by atoms with E-state index in [-0.39, 0.29) is 35.5 Å². The number of rotatable bonds is 7. The number of amides is 3. The first-order valence-corrected chi connectivity index (χ1v) is 10.8. The van der Waals surface area contributed by atoms with Gasteiger partial charge in [0.2, 0.25) is 11.9 Å². The van der Waals surface area contributed by atoms with Gasteiger partial charge in [-0.25, -0.2) is 14.2 Å². The molecular formula is C23H23ClFN5O2. The lowest BCUT2D eigenvalue weighted by atomic mass is 10.2. The van der Waals surface area contributed by atoms with Crippen LogP contribution in [0.25, 0.3) is 16.9 Å². The Hall–Kier alpha value is -3.39. The number of anilines is 1. The van der Waals surface area contributed by atoms with Crippen molar-refractivity contribution in [1.29, 1.82) is 0 Å². The molecule has 7 nitrogen and oxygen atoms in total. The van der Waals surface area contributed by atoms with E-state index in [1.54, 1.807) is 21.7 Å². The highest BCUT2D eigenvalue weighted by atomic mass is 35.5. The summed E-state index contributed by atoms with van der Waals surface area (Å²) in [6, 6.07) is 13.6. The fraction of sp³-hybridized carbons (Fsp3) is 0.261. The lowest BCUT2D eigenvalue weighted by Gasteiger charge is -2.22. The molecule has 9 heteroatoms. The molecule has 1 heterocycles. The molecule has 1 aliphatic carbocycles. The van der Waals surface area contributed by atoms with Crippen molar-refractivity contribution in [3.63, 3.8) is 0 Å². The second-order valence-corrected chi connectivity index (χ2v) is 7.93. The summed E-state index contributed by atoms with van der Waals surface area (Å²) in [6.07, 6.45) is 3.51. The van der Waals surface area contributed by atoms with Gasteiger partial charge in [-0.1, -0.05) is 41.9 Å². The summed E-state index contributed by atoms with van der Waals surface area (Å²) in [7, 11) is 0. The fourth-order valence-corrected chi connectivity index (χ4v) is 3.55. The predicted molar refractivity (Wildman–Crippen MR) is 121 cm³/mol. The van der Waals surface area contributed by atoms with E-state index in [2.05, 4.69) is 15.6 Å². The molecule has 0 bridgehead atoms. The van der Waals surface area contributed by atoms with Crippen LogP contribution in [0.1, 0.15) is 19.8 Å². The molecule has 1 aliphatic rings. The van der Waals surface area contributed by atoms with Crippen LogP contribution >= 0.6 is 11.6 Å². The number of carbonyl (C=O) groups is 2. The van der Waals surface area contributed by atoms with Crippen LogP contribution in [-0.4, -0.2) is 45.5 Å². The summed E-state index contributed by atoms with van der Waals surface area (Å²) in [5.74, 6) is -0.655. The summed E-state index contributed by atoms with van der Waals surface area (Å²) in [5.41, 5.74) is 2.03. The van der Waals surface area contributed by atoms with Gasteiger partial charge in [-0.3, -0.25) is 14.7 Å². The highest BCUT2D eigenvalue weighted by Crippen LogP contribution is 2.28. The number of hydrogen-bond acceptors (Lipinski definition) is 3. The molecule has 2 N–H and O–H groups in total. The molecule has 0 unspecified atom stereocenters. The van der Waals surface area contributed by atoms with Gasteiger partial charge in [0.15, 0.2) is 0 Å². The molecule has 4 rings (SSSR count). The predicted octanol–water partition coefficient (Wildman–Crippen LogP) is 4.46. The van der Waals surface area contributed by atoms with E-state index >= 15 is 0 Å². The van der Waals surface area contributed by atoms with Gasteiger partial charge in [-0.2, -0.15) is 0 Å². The number of urea groups is 1. The maximum Gasteiger partial charge on any atom is 0.318 e. The van der Waals surface area contributed by atoms with E-state index in [9.17, 15) is 14.0 Å². The van der Waals surface area contributed by atoms with Crippen LogP contribution < -0.4 is 10.6 Å². The first-order valence-electron chi connectivity index (χ1n) is 10.4. The van der Waals surface area contributed by atoms with Gasteiger partial charge in [0, 0.05) is 24.3 Å². The molecule has 2 aromatic carbocycles. The standard InChI is InChI=1S/C23H23ClFN5O2/c1-2-26-23(32)30(16-8-9-16)14-21(31)28-22-27-20(15-6-4-3-5-7-15)13-29(22)17-10-11-19(25)18(24)12-17/h3-7,10-13,16H,2,8-9,14H2,1H3,(H,26,32)(H,27,28,31). The van der Waals surface area contributed by atoms with Crippen molar-refractivity contribution in [3.8, 4) is 16.9 Å². The molecule has 1 saturated carbocycles. The van der Waals surface area contributed by atoms with Gasteiger partial charge in [-0.05, 0) is 38.0 Å². The lowest BCUT2D eigenvalue weighted by molar-refractivity contribution is -0.116. The summed E-state index contributed by atoms with van der Waals surface area (Å²) >= 11 is 5.97. The molecule has 0 saturated heterocycles. The van der Waals surface area contributed by atoms with Gasteiger partial charge < -0.3 is 10.2 Å². The van der Waals surface area contributed by atoms with Gasteiger partial charge in [0.25, 0.3) is 0 Å². The highest BCUT2D eigenvalue weighted by Gasteiger charge is 2.34. The van der Waals surface area contributed by atoms with Crippen molar-refractivity contribution < 1.29 is 14.0 Å².